The van der Waals surface area contributed by atoms with Crippen molar-refractivity contribution in [2.75, 3.05) is 39.3 Å². The fraction of sp³-hybridized carbons (Fsp3) is 0.812. The van der Waals surface area contributed by atoms with E-state index in [1.54, 1.807) is 5.57 Å². The average molecular weight is 277 g/mol. The lowest BCUT2D eigenvalue weighted by Gasteiger charge is -2.31. The molecule has 3 rings (SSSR count). The van der Waals surface area contributed by atoms with Crippen LogP contribution < -0.4 is 5.32 Å². The van der Waals surface area contributed by atoms with Crippen LogP contribution in [0.4, 0.5) is 0 Å². The van der Waals surface area contributed by atoms with Gasteiger partial charge in [-0.3, -0.25) is 9.69 Å². The molecule has 1 unspecified atom stereocenters. The standard InChI is InChI=1S/C16H27N3O/c20-16-15(18-12-8-17-9-13-18)7-11-19(16)10-6-14-4-2-1-3-5-14/h4,15,17H,1-3,5-13H2. The molecule has 1 atom stereocenters. The predicted molar refractivity (Wildman–Crippen MR) is 80.6 cm³/mol. The van der Waals surface area contributed by atoms with Crippen LogP contribution in [0.1, 0.15) is 38.5 Å². The van der Waals surface area contributed by atoms with E-state index in [1.807, 2.05) is 0 Å². The van der Waals surface area contributed by atoms with Crippen LogP contribution >= 0.6 is 0 Å². The number of nitrogens with one attached hydrogen (secondary N) is 1. The van der Waals surface area contributed by atoms with E-state index in [-0.39, 0.29) is 6.04 Å². The Kier molecular flexibility index (Phi) is 4.73. The second-order valence-corrected chi connectivity index (χ2v) is 6.27. The largest absolute Gasteiger partial charge is 0.341 e. The highest BCUT2D eigenvalue weighted by Gasteiger charge is 2.35. The predicted octanol–water partition coefficient (Wildman–Crippen LogP) is 1.38. The summed E-state index contributed by atoms with van der Waals surface area (Å²) in [5.41, 5.74) is 1.58. The molecule has 0 bridgehead atoms. The van der Waals surface area contributed by atoms with E-state index in [0.29, 0.717) is 5.91 Å². The fourth-order valence-electron chi connectivity index (χ4n) is 3.69. The van der Waals surface area contributed by atoms with Crippen LogP contribution in [-0.2, 0) is 4.79 Å². The third-order valence-corrected chi connectivity index (χ3v) is 4.95. The number of carbonyl (C=O) groups is 1. The normalized spacial score (nSPS) is 28.8. The first kappa shape index (κ1) is 14.1. The zero-order valence-electron chi connectivity index (χ0n) is 12.4. The minimum Gasteiger partial charge on any atom is -0.341 e. The zero-order chi connectivity index (χ0) is 13.8. The van der Waals surface area contributed by atoms with Gasteiger partial charge in [0.1, 0.15) is 0 Å². The smallest absolute Gasteiger partial charge is 0.240 e. The lowest BCUT2D eigenvalue weighted by atomic mass is 9.97. The third kappa shape index (κ3) is 3.23. The number of likely N-dealkylation sites (tertiary alicyclic amines) is 1. The summed E-state index contributed by atoms with van der Waals surface area (Å²) in [5, 5.41) is 3.36. The fourth-order valence-corrected chi connectivity index (χ4v) is 3.69. The van der Waals surface area contributed by atoms with E-state index in [2.05, 4.69) is 21.2 Å². The number of piperazine rings is 1. The lowest BCUT2D eigenvalue weighted by Crippen LogP contribution is -2.51. The van der Waals surface area contributed by atoms with Gasteiger partial charge in [-0.05, 0) is 38.5 Å². The lowest BCUT2D eigenvalue weighted by molar-refractivity contribution is -0.132. The van der Waals surface area contributed by atoms with Crippen LogP contribution in [0, 0.1) is 0 Å². The summed E-state index contributed by atoms with van der Waals surface area (Å²) >= 11 is 0. The van der Waals surface area contributed by atoms with Crippen molar-refractivity contribution < 1.29 is 4.79 Å². The van der Waals surface area contributed by atoms with Gasteiger partial charge in [0.2, 0.25) is 5.91 Å². The molecule has 2 saturated heterocycles. The first-order chi connectivity index (χ1) is 9.84. The third-order valence-electron chi connectivity index (χ3n) is 4.95. The van der Waals surface area contributed by atoms with Crippen LogP contribution in [0.25, 0.3) is 0 Å². The summed E-state index contributed by atoms with van der Waals surface area (Å²) in [6.45, 7) is 5.99. The molecule has 0 radical (unpaired) electrons. The highest BCUT2D eigenvalue weighted by Crippen LogP contribution is 2.23. The summed E-state index contributed by atoms with van der Waals surface area (Å²) in [5.74, 6) is 0.378. The Balaban J connectivity index is 1.49. The molecule has 0 aromatic rings. The van der Waals surface area contributed by atoms with Crippen molar-refractivity contribution in [3.63, 3.8) is 0 Å². The molecule has 2 fully saturated rings. The van der Waals surface area contributed by atoms with E-state index in [0.717, 1.165) is 52.1 Å². The van der Waals surface area contributed by atoms with Crippen LogP contribution in [0.2, 0.25) is 0 Å². The Morgan fingerprint density at radius 3 is 2.80 bits per heavy atom. The molecule has 2 heterocycles. The molecule has 20 heavy (non-hydrogen) atoms. The number of allylic oxidation sites excluding steroid dienone is 1. The highest BCUT2D eigenvalue weighted by molar-refractivity contribution is 5.84. The number of amides is 1. The van der Waals surface area contributed by atoms with Crippen molar-refractivity contribution in [1.82, 2.24) is 15.1 Å². The molecule has 4 nitrogen and oxygen atoms in total. The first-order valence-electron chi connectivity index (χ1n) is 8.26. The highest BCUT2D eigenvalue weighted by atomic mass is 16.2. The summed E-state index contributed by atoms with van der Waals surface area (Å²) in [7, 11) is 0. The second kappa shape index (κ2) is 6.72. The van der Waals surface area contributed by atoms with E-state index in [9.17, 15) is 4.79 Å². The van der Waals surface area contributed by atoms with E-state index >= 15 is 0 Å². The van der Waals surface area contributed by atoms with Gasteiger partial charge in [0.25, 0.3) is 0 Å². The molecular weight excluding hydrogens is 250 g/mol. The summed E-state index contributed by atoms with van der Waals surface area (Å²) in [6, 6.07) is 0.164. The van der Waals surface area contributed by atoms with E-state index in [4.69, 9.17) is 0 Å². The van der Waals surface area contributed by atoms with Gasteiger partial charge in [-0.1, -0.05) is 11.6 Å². The number of hydrogen-bond acceptors (Lipinski definition) is 3. The number of hydrogen-bond donors (Lipinski definition) is 1. The van der Waals surface area contributed by atoms with Crippen LogP contribution in [0.15, 0.2) is 11.6 Å². The van der Waals surface area contributed by atoms with Crippen LogP contribution in [0.3, 0.4) is 0 Å². The minimum atomic E-state index is 0.164. The molecular formula is C16H27N3O. The van der Waals surface area contributed by atoms with Crippen molar-refractivity contribution in [3.05, 3.63) is 11.6 Å². The molecule has 2 aliphatic heterocycles. The SMILES string of the molecule is O=C1C(N2CCNCC2)CCN1CCC1=CCCCC1. The maximum Gasteiger partial charge on any atom is 0.240 e. The molecule has 0 aromatic carbocycles. The van der Waals surface area contributed by atoms with Gasteiger partial charge < -0.3 is 10.2 Å². The van der Waals surface area contributed by atoms with E-state index < -0.39 is 0 Å². The monoisotopic (exact) mass is 277 g/mol. The summed E-state index contributed by atoms with van der Waals surface area (Å²) < 4.78 is 0. The number of nitrogens with zero attached hydrogens (tertiary/aromatic N) is 2. The Morgan fingerprint density at radius 2 is 2.05 bits per heavy atom. The number of rotatable bonds is 4. The van der Waals surface area contributed by atoms with Gasteiger partial charge in [0.15, 0.2) is 0 Å². The van der Waals surface area contributed by atoms with Gasteiger partial charge in [-0.25, -0.2) is 0 Å². The molecule has 112 valence electrons. The van der Waals surface area contributed by atoms with Gasteiger partial charge in [0.05, 0.1) is 6.04 Å². The molecule has 4 heteroatoms. The molecule has 1 N–H and O–H groups in total. The van der Waals surface area contributed by atoms with E-state index in [1.165, 1.54) is 25.7 Å². The Bertz CT molecular complexity index is 374. The summed E-state index contributed by atoms with van der Waals surface area (Å²) in [6.07, 6.45) is 9.70. The molecule has 1 amide bonds. The topological polar surface area (TPSA) is 35.6 Å². The Labute approximate surface area is 122 Å². The second-order valence-electron chi connectivity index (χ2n) is 6.27. The molecule has 0 saturated carbocycles. The quantitative estimate of drug-likeness (QED) is 0.789. The average Bonchev–Trinajstić information content (AvgIpc) is 2.88. The van der Waals surface area contributed by atoms with Gasteiger partial charge in [-0.2, -0.15) is 0 Å². The molecule has 0 aromatic heterocycles. The zero-order valence-corrected chi connectivity index (χ0v) is 12.4. The Hall–Kier alpha value is -0.870. The van der Waals surface area contributed by atoms with Gasteiger partial charge in [0, 0.05) is 39.3 Å². The van der Waals surface area contributed by atoms with Crippen molar-refractivity contribution in [1.29, 1.82) is 0 Å². The summed E-state index contributed by atoms with van der Waals surface area (Å²) in [4.78, 5) is 17.0. The van der Waals surface area contributed by atoms with Crippen molar-refractivity contribution in [2.45, 2.75) is 44.6 Å². The van der Waals surface area contributed by atoms with Crippen LogP contribution in [0.5, 0.6) is 0 Å². The maximum absolute atomic E-state index is 12.5. The van der Waals surface area contributed by atoms with Crippen molar-refractivity contribution in [2.24, 2.45) is 0 Å². The first-order valence-corrected chi connectivity index (χ1v) is 8.26. The van der Waals surface area contributed by atoms with Crippen molar-refractivity contribution >= 4 is 5.91 Å². The maximum atomic E-state index is 12.5. The van der Waals surface area contributed by atoms with Crippen molar-refractivity contribution in [3.8, 4) is 0 Å². The Morgan fingerprint density at radius 1 is 1.20 bits per heavy atom. The van der Waals surface area contributed by atoms with Gasteiger partial charge >= 0.3 is 0 Å². The minimum absolute atomic E-state index is 0.164. The number of carbonyl (C=O) groups excluding carboxylic acids is 1. The molecule has 1 aliphatic carbocycles. The molecule has 0 spiro atoms. The molecule has 3 aliphatic rings. The van der Waals surface area contributed by atoms with Gasteiger partial charge in [-0.15, -0.1) is 0 Å². The van der Waals surface area contributed by atoms with Crippen LogP contribution in [-0.4, -0.2) is 61.0 Å².